The molecular formula is C10H12N2O2. The number of ether oxygens (including phenoxy) is 1. The SMILES string of the molecule is O=C(NC1CCOC1)c1ccncc1. The first-order valence-corrected chi connectivity index (χ1v) is 4.65. The van der Waals surface area contributed by atoms with Gasteiger partial charge < -0.3 is 10.1 Å². The number of hydrogen-bond donors (Lipinski definition) is 1. The number of rotatable bonds is 2. The second-order valence-electron chi connectivity index (χ2n) is 3.27. The molecule has 1 aromatic heterocycles. The minimum atomic E-state index is -0.0529. The lowest BCUT2D eigenvalue weighted by Crippen LogP contribution is -2.34. The summed E-state index contributed by atoms with van der Waals surface area (Å²) in [5.74, 6) is -0.0529. The third-order valence-corrected chi connectivity index (χ3v) is 2.21. The third-order valence-electron chi connectivity index (χ3n) is 2.21. The van der Waals surface area contributed by atoms with Crippen molar-refractivity contribution < 1.29 is 9.53 Å². The summed E-state index contributed by atoms with van der Waals surface area (Å²) in [5.41, 5.74) is 0.645. The summed E-state index contributed by atoms with van der Waals surface area (Å²) >= 11 is 0. The van der Waals surface area contributed by atoms with E-state index < -0.39 is 0 Å². The van der Waals surface area contributed by atoms with Crippen molar-refractivity contribution in [2.24, 2.45) is 0 Å². The summed E-state index contributed by atoms with van der Waals surface area (Å²) in [4.78, 5) is 15.5. The largest absolute Gasteiger partial charge is 0.379 e. The Hall–Kier alpha value is -1.42. The number of hydrogen-bond acceptors (Lipinski definition) is 3. The van der Waals surface area contributed by atoms with Crippen molar-refractivity contribution in [3.8, 4) is 0 Å². The molecule has 1 fully saturated rings. The standard InChI is InChI=1S/C10H12N2O2/c13-10(8-1-4-11-5-2-8)12-9-3-6-14-7-9/h1-2,4-5,9H,3,6-7H2,(H,12,13). The Morgan fingerprint density at radius 1 is 1.50 bits per heavy atom. The fourth-order valence-electron chi connectivity index (χ4n) is 1.42. The van der Waals surface area contributed by atoms with Crippen LogP contribution in [0.1, 0.15) is 16.8 Å². The molecule has 2 heterocycles. The van der Waals surface area contributed by atoms with E-state index in [1.807, 2.05) is 0 Å². The van der Waals surface area contributed by atoms with Crippen molar-refractivity contribution in [3.05, 3.63) is 30.1 Å². The molecule has 1 aliphatic heterocycles. The predicted octanol–water partition coefficient (Wildman–Crippen LogP) is 0.600. The van der Waals surface area contributed by atoms with Crippen LogP contribution < -0.4 is 5.32 Å². The fraction of sp³-hybridized carbons (Fsp3) is 0.400. The van der Waals surface area contributed by atoms with Crippen LogP contribution in [0.15, 0.2) is 24.5 Å². The first-order chi connectivity index (χ1) is 6.86. The Morgan fingerprint density at radius 2 is 2.29 bits per heavy atom. The van der Waals surface area contributed by atoms with Crippen LogP contribution in [-0.2, 0) is 4.74 Å². The summed E-state index contributed by atoms with van der Waals surface area (Å²) in [6.07, 6.45) is 4.12. The van der Waals surface area contributed by atoms with Crippen LogP contribution >= 0.6 is 0 Å². The number of nitrogens with zero attached hydrogens (tertiary/aromatic N) is 1. The maximum absolute atomic E-state index is 11.6. The molecule has 0 spiro atoms. The van der Waals surface area contributed by atoms with Gasteiger partial charge in [-0.3, -0.25) is 9.78 Å². The molecule has 0 aromatic carbocycles. The van der Waals surface area contributed by atoms with Crippen molar-refractivity contribution in [1.29, 1.82) is 0 Å². The van der Waals surface area contributed by atoms with Crippen LogP contribution in [0.4, 0.5) is 0 Å². The summed E-state index contributed by atoms with van der Waals surface area (Å²) in [7, 11) is 0. The van der Waals surface area contributed by atoms with Crippen LogP contribution in [0.25, 0.3) is 0 Å². The number of aromatic nitrogens is 1. The van der Waals surface area contributed by atoms with Gasteiger partial charge in [-0.05, 0) is 18.6 Å². The molecule has 4 nitrogen and oxygen atoms in total. The van der Waals surface area contributed by atoms with E-state index in [4.69, 9.17) is 4.74 Å². The number of carbonyl (C=O) groups is 1. The topological polar surface area (TPSA) is 51.2 Å². The Bertz CT molecular complexity index is 307. The van der Waals surface area contributed by atoms with E-state index in [9.17, 15) is 4.79 Å². The van der Waals surface area contributed by atoms with Crippen LogP contribution in [0.3, 0.4) is 0 Å². The van der Waals surface area contributed by atoms with Crippen molar-refractivity contribution in [2.45, 2.75) is 12.5 Å². The molecular weight excluding hydrogens is 180 g/mol. The molecule has 4 heteroatoms. The average molecular weight is 192 g/mol. The van der Waals surface area contributed by atoms with Crippen LogP contribution in [0.2, 0.25) is 0 Å². The Balaban J connectivity index is 1.95. The van der Waals surface area contributed by atoms with Crippen LogP contribution in [0.5, 0.6) is 0 Å². The monoisotopic (exact) mass is 192 g/mol. The second-order valence-corrected chi connectivity index (χ2v) is 3.27. The molecule has 0 saturated carbocycles. The molecule has 0 aliphatic carbocycles. The van der Waals surface area contributed by atoms with E-state index in [1.165, 1.54) is 0 Å². The van der Waals surface area contributed by atoms with Gasteiger partial charge in [0.1, 0.15) is 0 Å². The highest BCUT2D eigenvalue weighted by molar-refractivity contribution is 5.94. The highest BCUT2D eigenvalue weighted by Gasteiger charge is 2.18. The third kappa shape index (κ3) is 2.09. The van der Waals surface area contributed by atoms with Gasteiger partial charge in [-0.15, -0.1) is 0 Å². The van der Waals surface area contributed by atoms with Crippen molar-refractivity contribution in [3.63, 3.8) is 0 Å². The van der Waals surface area contributed by atoms with E-state index in [1.54, 1.807) is 24.5 Å². The van der Waals surface area contributed by atoms with E-state index in [2.05, 4.69) is 10.3 Å². The molecule has 1 saturated heterocycles. The molecule has 0 bridgehead atoms. The van der Waals surface area contributed by atoms with Gasteiger partial charge in [-0.1, -0.05) is 0 Å². The number of amides is 1. The molecule has 1 amide bonds. The lowest BCUT2D eigenvalue weighted by atomic mass is 10.2. The predicted molar refractivity (Wildman–Crippen MR) is 50.9 cm³/mol. The van der Waals surface area contributed by atoms with E-state index in [-0.39, 0.29) is 11.9 Å². The molecule has 2 rings (SSSR count). The van der Waals surface area contributed by atoms with E-state index >= 15 is 0 Å². The zero-order valence-electron chi connectivity index (χ0n) is 7.77. The first-order valence-electron chi connectivity index (χ1n) is 4.65. The van der Waals surface area contributed by atoms with Gasteiger partial charge in [-0.2, -0.15) is 0 Å². The number of nitrogens with one attached hydrogen (secondary N) is 1. The van der Waals surface area contributed by atoms with Crippen molar-refractivity contribution in [2.75, 3.05) is 13.2 Å². The maximum atomic E-state index is 11.6. The summed E-state index contributed by atoms with van der Waals surface area (Å²) in [6.45, 7) is 1.36. The van der Waals surface area contributed by atoms with E-state index in [0.29, 0.717) is 12.2 Å². The average Bonchev–Trinajstić information content (AvgIpc) is 2.72. The number of carbonyl (C=O) groups excluding carboxylic acids is 1. The van der Waals surface area contributed by atoms with Crippen LogP contribution in [0, 0.1) is 0 Å². The highest BCUT2D eigenvalue weighted by Crippen LogP contribution is 2.05. The van der Waals surface area contributed by atoms with E-state index in [0.717, 1.165) is 13.0 Å². The molecule has 74 valence electrons. The first kappa shape index (κ1) is 9.15. The van der Waals surface area contributed by atoms with Crippen LogP contribution in [-0.4, -0.2) is 30.1 Å². The zero-order chi connectivity index (χ0) is 9.80. The summed E-state index contributed by atoms with van der Waals surface area (Å²) in [6, 6.07) is 3.56. The molecule has 0 radical (unpaired) electrons. The van der Waals surface area contributed by atoms with Crippen molar-refractivity contribution in [1.82, 2.24) is 10.3 Å². The van der Waals surface area contributed by atoms with Crippen molar-refractivity contribution >= 4 is 5.91 Å². The maximum Gasteiger partial charge on any atom is 0.251 e. The van der Waals surface area contributed by atoms with Gasteiger partial charge in [0.2, 0.25) is 0 Å². The number of pyridine rings is 1. The van der Waals surface area contributed by atoms with Gasteiger partial charge in [0, 0.05) is 24.6 Å². The summed E-state index contributed by atoms with van der Waals surface area (Å²) < 4.78 is 5.17. The molecule has 1 unspecified atom stereocenters. The Kier molecular flexibility index (Phi) is 2.74. The lowest BCUT2D eigenvalue weighted by Gasteiger charge is -2.09. The highest BCUT2D eigenvalue weighted by atomic mass is 16.5. The van der Waals surface area contributed by atoms with Gasteiger partial charge in [0.05, 0.1) is 12.6 Å². The van der Waals surface area contributed by atoms with Gasteiger partial charge in [0.15, 0.2) is 0 Å². The molecule has 1 aliphatic rings. The smallest absolute Gasteiger partial charge is 0.251 e. The molecule has 14 heavy (non-hydrogen) atoms. The van der Waals surface area contributed by atoms with Gasteiger partial charge in [0.25, 0.3) is 5.91 Å². The molecule has 1 aromatic rings. The minimum Gasteiger partial charge on any atom is -0.379 e. The summed E-state index contributed by atoms with van der Waals surface area (Å²) in [5, 5.41) is 2.90. The Morgan fingerprint density at radius 3 is 2.93 bits per heavy atom. The molecule has 1 atom stereocenters. The van der Waals surface area contributed by atoms with Gasteiger partial charge >= 0.3 is 0 Å². The van der Waals surface area contributed by atoms with Gasteiger partial charge in [-0.25, -0.2) is 0 Å². The molecule has 1 N–H and O–H groups in total. The normalized spacial score (nSPS) is 20.7. The zero-order valence-corrected chi connectivity index (χ0v) is 7.77. The Labute approximate surface area is 82.3 Å². The quantitative estimate of drug-likeness (QED) is 0.746. The lowest BCUT2D eigenvalue weighted by molar-refractivity contribution is 0.0930. The fourth-order valence-corrected chi connectivity index (χ4v) is 1.42. The second kappa shape index (κ2) is 4.19. The minimum absolute atomic E-state index is 0.0529.